The summed E-state index contributed by atoms with van der Waals surface area (Å²) in [5.74, 6) is -8.30. The molecule has 22 heavy (non-hydrogen) atoms. The van der Waals surface area contributed by atoms with Gasteiger partial charge >= 0.3 is 5.92 Å². The van der Waals surface area contributed by atoms with Crippen molar-refractivity contribution in [1.29, 1.82) is 0 Å². The average Bonchev–Trinajstić information content (AvgIpc) is 2.45. The van der Waals surface area contributed by atoms with Crippen LogP contribution in [0.4, 0.5) is 17.6 Å². The number of carbonyl (C=O) groups is 1. The molecule has 0 radical (unpaired) electrons. The molecule has 0 unspecified atom stereocenters. The molecule has 1 amide bonds. The van der Waals surface area contributed by atoms with Gasteiger partial charge < -0.3 is 5.32 Å². The summed E-state index contributed by atoms with van der Waals surface area (Å²) in [5, 5.41) is 7.46. The van der Waals surface area contributed by atoms with Crippen molar-refractivity contribution >= 4 is 5.91 Å². The van der Waals surface area contributed by atoms with Crippen LogP contribution in [0.2, 0.25) is 0 Å². The van der Waals surface area contributed by atoms with E-state index in [1.54, 1.807) is 0 Å². The number of hydrogen-bond donors (Lipinski definition) is 2. The zero-order chi connectivity index (χ0) is 16.3. The van der Waals surface area contributed by atoms with E-state index < -0.39 is 34.6 Å². The summed E-state index contributed by atoms with van der Waals surface area (Å²) in [6.45, 7) is -0.386. The van der Waals surface area contributed by atoms with E-state index in [-0.39, 0.29) is 12.2 Å². The Balaban J connectivity index is 2.12. The zero-order valence-corrected chi connectivity index (χ0v) is 10.9. The highest BCUT2D eigenvalue weighted by Crippen LogP contribution is 2.29. The summed E-state index contributed by atoms with van der Waals surface area (Å²) in [4.78, 5) is 22.3. The van der Waals surface area contributed by atoms with Gasteiger partial charge in [-0.2, -0.15) is 13.9 Å². The number of hydrogen-bond acceptors (Lipinski definition) is 3. The fourth-order valence-electron chi connectivity index (χ4n) is 1.62. The summed E-state index contributed by atoms with van der Waals surface area (Å²) in [5.41, 5.74) is -1.46. The summed E-state index contributed by atoms with van der Waals surface area (Å²) >= 11 is 0. The number of nitrogens with one attached hydrogen (secondary N) is 2. The maximum Gasteiger partial charge on any atom is 0.349 e. The molecule has 2 rings (SSSR count). The summed E-state index contributed by atoms with van der Waals surface area (Å²) in [7, 11) is 0. The third kappa shape index (κ3) is 3.48. The predicted octanol–water partition coefficient (Wildman–Crippen LogP) is 1.46. The number of H-pyrrole nitrogens is 1. The Morgan fingerprint density at radius 3 is 2.36 bits per heavy atom. The van der Waals surface area contributed by atoms with Crippen molar-refractivity contribution in [3.63, 3.8) is 0 Å². The first-order chi connectivity index (χ1) is 10.3. The molecule has 0 fully saturated rings. The lowest BCUT2D eigenvalue weighted by atomic mass is 10.1. The number of benzene rings is 1. The Labute approximate surface area is 121 Å². The number of carbonyl (C=O) groups excluding carboxylic acids is 1. The van der Waals surface area contributed by atoms with E-state index in [9.17, 15) is 27.2 Å². The van der Waals surface area contributed by atoms with Crippen LogP contribution in [0.3, 0.4) is 0 Å². The molecule has 1 heterocycles. The van der Waals surface area contributed by atoms with Gasteiger partial charge in [0.2, 0.25) is 0 Å². The lowest BCUT2D eigenvalue weighted by molar-refractivity contribution is -0.147. The van der Waals surface area contributed by atoms with Crippen LogP contribution < -0.4 is 10.9 Å². The van der Waals surface area contributed by atoms with Gasteiger partial charge in [-0.15, -0.1) is 0 Å². The van der Waals surface area contributed by atoms with Gasteiger partial charge in [-0.3, -0.25) is 9.59 Å². The summed E-state index contributed by atoms with van der Waals surface area (Å²) in [6, 6.07) is 3.51. The molecule has 5 nitrogen and oxygen atoms in total. The van der Waals surface area contributed by atoms with Crippen LogP contribution in [0.25, 0.3) is 0 Å². The highest BCUT2D eigenvalue weighted by atomic mass is 19.3. The highest BCUT2D eigenvalue weighted by molar-refractivity contribution is 5.84. The molecular weight excluding hydrogens is 306 g/mol. The van der Waals surface area contributed by atoms with Crippen LogP contribution in [-0.4, -0.2) is 16.1 Å². The van der Waals surface area contributed by atoms with Crippen LogP contribution in [-0.2, 0) is 17.3 Å². The molecule has 0 saturated carbocycles. The molecule has 0 aliphatic heterocycles. The van der Waals surface area contributed by atoms with Crippen molar-refractivity contribution in [3.8, 4) is 0 Å². The van der Waals surface area contributed by atoms with Gasteiger partial charge in [0.05, 0.1) is 12.2 Å². The molecule has 1 aromatic carbocycles. The van der Waals surface area contributed by atoms with Crippen LogP contribution in [0.5, 0.6) is 0 Å². The van der Waals surface area contributed by atoms with E-state index in [4.69, 9.17) is 0 Å². The van der Waals surface area contributed by atoms with E-state index in [1.165, 1.54) is 6.07 Å². The molecule has 2 N–H and O–H groups in total. The van der Waals surface area contributed by atoms with Gasteiger partial charge in [-0.05, 0) is 18.2 Å². The number of amides is 1. The fourth-order valence-corrected chi connectivity index (χ4v) is 1.62. The topological polar surface area (TPSA) is 74.8 Å². The number of halogens is 4. The van der Waals surface area contributed by atoms with Crippen molar-refractivity contribution in [1.82, 2.24) is 15.5 Å². The first kappa shape index (κ1) is 15.7. The second-order valence-electron chi connectivity index (χ2n) is 4.33. The van der Waals surface area contributed by atoms with Crippen LogP contribution in [0.1, 0.15) is 11.3 Å². The minimum Gasteiger partial charge on any atom is -0.345 e. The predicted molar refractivity (Wildman–Crippen MR) is 67.0 cm³/mol. The highest BCUT2D eigenvalue weighted by Gasteiger charge is 2.41. The number of aromatic nitrogens is 2. The Morgan fingerprint density at radius 1 is 1.18 bits per heavy atom. The standard InChI is InChI=1S/C13H9F4N3O2/c14-8-3-7(4-9(15)5-8)13(16,17)12(22)18-6-10-1-2-11(21)20-19-10/h1-5H,6H2,(H,18,22)(H,20,21). The second-order valence-corrected chi connectivity index (χ2v) is 4.33. The minimum atomic E-state index is -4.12. The normalized spacial score (nSPS) is 11.3. The van der Waals surface area contributed by atoms with E-state index in [1.807, 2.05) is 5.32 Å². The van der Waals surface area contributed by atoms with Crippen LogP contribution in [0.15, 0.2) is 35.1 Å². The van der Waals surface area contributed by atoms with Gasteiger partial charge in [0.1, 0.15) is 11.6 Å². The van der Waals surface area contributed by atoms with Gasteiger partial charge in [-0.1, -0.05) is 0 Å². The van der Waals surface area contributed by atoms with E-state index >= 15 is 0 Å². The molecular formula is C13H9F4N3O2. The van der Waals surface area contributed by atoms with Gasteiger partial charge in [-0.25, -0.2) is 13.9 Å². The van der Waals surface area contributed by atoms with Crippen molar-refractivity contribution < 1.29 is 22.4 Å². The summed E-state index contributed by atoms with van der Waals surface area (Å²) < 4.78 is 53.6. The summed E-state index contributed by atoms with van der Waals surface area (Å²) in [6.07, 6.45) is 0. The third-order valence-corrected chi connectivity index (χ3v) is 2.68. The molecule has 0 spiro atoms. The molecule has 2 aromatic rings. The minimum absolute atomic E-state index is 0.133. The van der Waals surface area contributed by atoms with Crippen molar-refractivity contribution in [2.24, 2.45) is 0 Å². The Kier molecular flexibility index (Phi) is 4.25. The molecule has 116 valence electrons. The second kappa shape index (κ2) is 5.96. The van der Waals surface area contributed by atoms with Gasteiger partial charge in [0.15, 0.2) is 0 Å². The van der Waals surface area contributed by atoms with E-state index in [2.05, 4.69) is 10.2 Å². The quantitative estimate of drug-likeness (QED) is 0.839. The molecule has 0 aliphatic carbocycles. The number of nitrogens with zero attached hydrogens (tertiary/aromatic N) is 1. The maximum atomic E-state index is 13.9. The lowest BCUT2D eigenvalue weighted by Gasteiger charge is -2.16. The first-order valence-electron chi connectivity index (χ1n) is 5.96. The molecule has 9 heteroatoms. The number of rotatable bonds is 4. The largest absolute Gasteiger partial charge is 0.349 e. The van der Waals surface area contributed by atoms with Crippen LogP contribution in [0, 0.1) is 11.6 Å². The molecule has 0 aliphatic rings. The van der Waals surface area contributed by atoms with Gasteiger partial charge in [0.25, 0.3) is 11.5 Å². The fraction of sp³-hybridized carbons (Fsp3) is 0.154. The molecule has 0 atom stereocenters. The maximum absolute atomic E-state index is 13.9. The smallest absolute Gasteiger partial charge is 0.345 e. The third-order valence-electron chi connectivity index (χ3n) is 2.68. The number of alkyl halides is 2. The monoisotopic (exact) mass is 315 g/mol. The van der Waals surface area contributed by atoms with E-state index in [0.29, 0.717) is 18.2 Å². The Bertz CT molecular complexity index is 720. The van der Waals surface area contributed by atoms with Crippen molar-refractivity contribution in [2.45, 2.75) is 12.5 Å². The SMILES string of the molecule is O=C(NCc1ccc(=O)[nH]n1)C(F)(F)c1cc(F)cc(F)c1. The molecule has 1 aromatic heterocycles. The Morgan fingerprint density at radius 2 is 1.82 bits per heavy atom. The van der Waals surface area contributed by atoms with Crippen molar-refractivity contribution in [3.05, 3.63) is 63.6 Å². The number of aromatic amines is 1. The van der Waals surface area contributed by atoms with Gasteiger partial charge in [0, 0.05) is 17.7 Å². The lowest BCUT2D eigenvalue weighted by Crippen LogP contribution is -2.38. The molecule has 0 saturated heterocycles. The average molecular weight is 315 g/mol. The van der Waals surface area contributed by atoms with Crippen molar-refractivity contribution in [2.75, 3.05) is 0 Å². The van der Waals surface area contributed by atoms with Crippen LogP contribution >= 0.6 is 0 Å². The zero-order valence-electron chi connectivity index (χ0n) is 10.9. The first-order valence-corrected chi connectivity index (χ1v) is 5.96. The molecule has 0 bridgehead atoms. The van der Waals surface area contributed by atoms with E-state index in [0.717, 1.165) is 6.07 Å². The Hall–Kier alpha value is -2.71.